The van der Waals surface area contributed by atoms with Crippen LogP contribution in [-0.2, 0) is 0 Å². The number of ketones is 1. The Labute approximate surface area is 165 Å². The second-order valence-corrected chi connectivity index (χ2v) is 7.19. The molecule has 2 N–H and O–H groups in total. The van der Waals surface area contributed by atoms with Gasteiger partial charge in [-0.1, -0.05) is 48.9 Å². The Bertz CT molecular complexity index is 970. The van der Waals surface area contributed by atoms with Gasteiger partial charge in [0.1, 0.15) is 0 Å². The molecule has 3 rings (SSSR count). The Balaban J connectivity index is 1.73. The zero-order valence-electron chi connectivity index (χ0n) is 16.6. The van der Waals surface area contributed by atoms with Crippen LogP contribution < -0.4 is 5.32 Å². The number of benzene rings is 2. The molecule has 1 aromatic heterocycles. The monoisotopic (exact) mass is 375 g/mol. The van der Waals surface area contributed by atoms with E-state index < -0.39 is 0 Å². The van der Waals surface area contributed by atoms with Gasteiger partial charge in [0.2, 0.25) is 5.78 Å². The van der Waals surface area contributed by atoms with Gasteiger partial charge in [-0.3, -0.25) is 4.79 Å². The number of carbonyl (C=O) groups is 2. The molecule has 3 aromatic rings. The van der Waals surface area contributed by atoms with E-state index in [1.807, 2.05) is 67.6 Å². The first-order valence-electron chi connectivity index (χ1n) is 9.23. The molecule has 0 aliphatic heterocycles. The quantitative estimate of drug-likeness (QED) is 0.629. The first-order valence-corrected chi connectivity index (χ1v) is 9.23. The molecule has 5 heteroatoms. The van der Waals surface area contributed by atoms with E-state index in [0.29, 0.717) is 11.3 Å². The van der Waals surface area contributed by atoms with Gasteiger partial charge in [0.25, 0.3) is 0 Å². The molecule has 1 heterocycles. The van der Waals surface area contributed by atoms with Gasteiger partial charge in [-0.25, -0.2) is 4.79 Å². The molecule has 1 unspecified atom stereocenters. The summed E-state index contributed by atoms with van der Waals surface area (Å²) in [5.74, 6) is 0.0818. The van der Waals surface area contributed by atoms with Crippen LogP contribution in [0.2, 0.25) is 0 Å². The number of H-pyrrole nitrogens is 1. The molecule has 0 aliphatic carbocycles. The summed E-state index contributed by atoms with van der Waals surface area (Å²) < 4.78 is 0. The fraction of sp³-hybridized carbons (Fsp3) is 0.217. The molecule has 0 aliphatic rings. The molecule has 2 aromatic carbocycles. The van der Waals surface area contributed by atoms with Crippen molar-refractivity contribution in [2.75, 3.05) is 19.4 Å². The zero-order valence-corrected chi connectivity index (χ0v) is 16.6. The van der Waals surface area contributed by atoms with Crippen LogP contribution in [-0.4, -0.2) is 35.8 Å². The average Bonchev–Trinajstić information content (AvgIpc) is 3.18. The number of aromatic amines is 1. The lowest BCUT2D eigenvalue weighted by atomic mass is 9.98. The van der Waals surface area contributed by atoms with E-state index >= 15 is 0 Å². The van der Waals surface area contributed by atoms with Crippen LogP contribution >= 0.6 is 0 Å². The Morgan fingerprint density at radius 3 is 2.18 bits per heavy atom. The Morgan fingerprint density at radius 1 is 0.929 bits per heavy atom. The molecule has 0 spiro atoms. The van der Waals surface area contributed by atoms with Crippen molar-refractivity contribution < 1.29 is 9.59 Å². The van der Waals surface area contributed by atoms with Crippen LogP contribution in [0.3, 0.4) is 0 Å². The Kier molecular flexibility index (Phi) is 5.64. The molecule has 0 saturated heterocycles. The van der Waals surface area contributed by atoms with Gasteiger partial charge in [0.15, 0.2) is 0 Å². The van der Waals surface area contributed by atoms with Gasteiger partial charge in [-0.2, -0.15) is 0 Å². The van der Waals surface area contributed by atoms with Crippen molar-refractivity contribution in [2.24, 2.45) is 0 Å². The van der Waals surface area contributed by atoms with Crippen molar-refractivity contribution in [3.05, 3.63) is 88.7 Å². The van der Waals surface area contributed by atoms with Crippen LogP contribution in [0.5, 0.6) is 0 Å². The lowest BCUT2D eigenvalue weighted by Crippen LogP contribution is -2.27. The summed E-state index contributed by atoms with van der Waals surface area (Å²) in [7, 11) is 3.40. The summed E-state index contributed by atoms with van der Waals surface area (Å²) in [6.45, 7) is 4.08. The lowest BCUT2D eigenvalue weighted by molar-refractivity contribution is 0.103. The minimum absolute atomic E-state index is 0.0137. The molecule has 28 heavy (non-hydrogen) atoms. The van der Waals surface area contributed by atoms with E-state index in [9.17, 15) is 9.59 Å². The number of hydrogen-bond acceptors (Lipinski definition) is 2. The molecular weight excluding hydrogens is 350 g/mol. The molecular formula is C23H25N3O2. The second-order valence-electron chi connectivity index (χ2n) is 7.19. The van der Waals surface area contributed by atoms with Gasteiger partial charge in [-0.05, 0) is 36.8 Å². The number of urea groups is 1. The average molecular weight is 375 g/mol. The molecule has 0 fully saturated rings. The van der Waals surface area contributed by atoms with E-state index in [4.69, 9.17) is 0 Å². The van der Waals surface area contributed by atoms with E-state index in [0.717, 1.165) is 22.5 Å². The highest BCUT2D eigenvalue weighted by Crippen LogP contribution is 2.25. The van der Waals surface area contributed by atoms with E-state index in [1.54, 1.807) is 14.1 Å². The minimum Gasteiger partial charge on any atom is -0.355 e. The molecule has 0 bridgehead atoms. The lowest BCUT2D eigenvalue weighted by Gasteiger charge is -2.14. The van der Waals surface area contributed by atoms with Crippen LogP contribution in [0.1, 0.15) is 45.7 Å². The van der Waals surface area contributed by atoms with Gasteiger partial charge in [0, 0.05) is 37.0 Å². The Morgan fingerprint density at radius 2 is 1.57 bits per heavy atom. The highest BCUT2D eigenvalue weighted by Gasteiger charge is 2.15. The summed E-state index contributed by atoms with van der Waals surface area (Å²) in [4.78, 5) is 29.1. The fourth-order valence-corrected chi connectivity index (χ4v) is 2.93. The van der Waals surface area contributed by atoms with E-state index in [1.165, 1.54) is 4.90 Å². The summed E-state index contributed by atoms with van der Waals surface area (Å²) in [6, 6.07) is 18.9. The number of rotatable bonds is 5. The number of hydrogen-bond donors (Lipinski definition) is 2. The van der Waals surface area contributed by atoms with Crippen molar-refractivity contribution in [3.63, 3.8) is 0 Å². The van der Waals surface area contributed by atoms with E-state index in [-0.39, 0.29) is 17.7 Å². The maximum absolute atomic E-state index is 12.7. The van der Waals surface area contributed by atoms with Crippen molar-refractivity contribution in [3.8, 4) is 0 Å². The summed E-state index contributed by atoms with van der Waals surface area (Å²) in [5.41, 5.74) is 5.20. The Hall–Kier alpha value is -3.34. The maximum Gasteiger partial charge on any atom is 0.321 e. The zero-order chi connectivity index (χ0) is 20.3. The van der Waals surface area contributed by atoms with Gasteiger partial charge in [-0.15, -0.1) is 0 Å². The van der Waals surface area contributed by atoms with Crippen molar-refractivity contribution >= 4 is 17.5 Å². The SMILES string of the molecule is Cc1ccc(C(=O)c2ccc(C(C)c3ccc(NC(=O)N(C)C)cc3)[nH]2)cc1. The number of aromatic nitrogens is 1. The maximum atomic E-state index is 12.7. The summed E-state index contributed by atoms with van der Waals surface area (Å²) in [5, 5.41) is 2.82. The third-order valence-corrected chi connectivity index (χ3v) is 4.80. The molecule has 1 atom stereocenters. The minimum atomic E-state index is -0.163. The molecule has 144 valence electrons. The number of nitrogens with one attached hydrogen (secondary N) is 2. The standard InChI is InChI=1S/C23H25N3O2/c1-15-5-7-18(8-6-15)22(27)21-14-13-20(25-21)16(2)17-9-11-19(12-10-17)24-23(28)26(3)4/h5-14,16,25H,1-4H3,(H,24,28). The predicted molar refractivity (Wildman–Crippen MR) is 112 cm³/mol. The third-order valence-electron chi connectivity index (χ3n) is 4.80. The predicted octanol–water partition coefficient (Wildman–Crippen LogP) is 4.80. The molecule has 0 radical (unpaired) electrons. The number of amides is 2. The van der Waals surface area contributed by atoms with Gasteiger partial charge >= 0.3 is 6.03 Å². The van der Waals surface area contributed by atoms with Gasteiger partial charge < -0.3 is 15.2 Å². The highest BCUT2D eigenvalue weighted by atomic mass is 16.2. The van der Waals surface area contributed by atoms with Crippen LogP contribution in [0.4, 0.5) is 10.5 Å². The van der Waals surface area contributed by atoms with Crippen molar-refractivity contribution in [1.82, 2.24) is 9.88 Å². The fourth-order valence-electron chi connectivity index (χ4n) is 2.93. The first kappa shape index (κ1) is 19.4. The van der Waals surface area contributed by atoms with Crippen molar-refractivity contribution in [1.29, 1.82) is 0 Å². The molecule has 2 amide bonds. The van der Waals surface area contributed by atoms with Crippen LogP contribution in [0, 0.1) is 6.92 Å². The summed E-state index contributed by atoms with van der Waals surface area (Å²) >= 11 is 0. The number of carbonyl (C=O) groups excluding carboxylic acids is 2. The number of anilines is 1. The first-order chi connectivity index (χ1) is 13.3. The third kappa shape index (κ3) is 4.31. The topological polar surface area (TPSA) is 65.2 Å². The van der Waals surface area contributed by atoms with Crippen LogP contribution in [0.25, 0.3) is 0 Å². The normalized spacial score (nSPS) is 11.7. The number of nitrogens with zero attached hydrogens (tertiary/aromatic N) is 1. The summed E-state index contributed by atoms with van der Waals surface area (Å²) in [6.07, 6.45) is 0. The number of aryl methyl sites for hydroxylation is 1. The second kappa shape index (κ2) is 8.13. The molecule has 5 nitrogen and oxygen atoms in total. The van der Waals surface area contributed by atoms with Crippen molar-refractivity contribution in [2.45, 2.75) is 19.8 Å². The van der Waals surface area contributed by atoms with Crippen LogP contribution in [0.15, 0.2) is 60.7 Å². The highest BCUT2D eigenvalue weighted by molar-refractivity contribution is 6.07. The molecule has 0 saturated carbocycles. The largest absolute Gasteiger partial charge is 0.355 e. The van der Waals surface area contributed by atoms with E-state index in [2.05, 4.69) is 17.2 Å². The van der Waals surface area contributed by atoms with Gasteiger partial charge in [0.05, 0.1) is 5.69 Å². The smallest absolute Gasteiger partial charge is 0.321 e.